The van der Waals surface area contributed by atoms with Crippen molar-refractivity contribution in [3.63, 3.8) is 0 Å². The molecule has 4 heteroatoms. The number of carbonyl (C=O) groups is 1. The summed E-state index contributed by atoms with van der Waals surface area (Å²) >= 11 is 0. The van der Waals surface area contributed by atoms with Crippen LogP contribution in [0.2, 0.25) is 0 Å². The van der Waals surface area contributed by atoms with E-state index in [4.69, 9.17) is 4.74 Å². The minimum absolute atomic E-state index is 0.0219. The molecule has 0 atom stereocenters. The predicted molar refractivity (Wildman–Crippen MR) is 46.1 cm³/mol. The third kappa shape index (κ3) is 2.11. The summed E-state index contributed by atoms with van der Waals surface area (Å²) in [5, 5.41) is 2.60. The van der Waals surface area contributed by atoms with Gasteiger partial charge in [-0.05, 0) is 13.8 Å². The van der Waals surface area contributed by atoms with Crippen LogP contribution in [0.1, 0.15) is 13.8 Å². The number of amides is 2. The number of morpholine rings is 1. The fraction of sp³-hybridized carbons (Fsp3) is 0.875. The molecule has 1 rings (SSSR count). The molecule has 0 aromatic rings. The van der Waals surface area contributed by atoms with Crippen molar-refractivity contribution in [3.8, 4) is 0 Å². The van der Waals surface area contributed by atoms with E-state index in [-0.39, 0.29) is 11.6 Å². The Labute approximate surface area is 72.9 Å². The molecule has 0 aromatic carbocycles. The topological polar surface area (TPSA) is 41.6 Å². The number of nitrogens with one attached hydrogen (secondary N) is 1. The summed E-state index contributed by atoms with van der Waals surface area (Å²) < 4.78 is 5.47. The van der Waals surface area contributed by atoms with E-state index in [2.05, 4.69) is 5.32 Å². The van der Waals surface area contributed by atoms with Crippen LogP contribution in [-0.2, 0) is 4.74 Å². The number of hydrogen-bond donors (Lipinski definition) is 1. The Hall–Kier alpha value is -0.770. The van der Waals surface area contributed by atoms with E-state index in [0.717, 1.165) is 0 Å². The second-order valence-corrected chi connectivity index (χ2v) is 3.58. The Balaban J connectivity index is 2.52. The molecule has 1 saturated heterocycles. The molecule has 0 bridgehead atoms. The van der Waals surface area contributed by atoms with E-state index in [9.17, 15) is 4.79 Å². The molecule has 0 aromatic heterocycles. The second-order valence-electron chi connectivity index (χ2n) is 3.58. The van der Waals surface area contributed by atoms with Crippen molar-refractivity contribution in [2.75, 3.05) is 26.7 Å². The van der Waals surface area contributed by atoms with Crippen LogP contribution >= 0.6 is 0 Å². The molecule has 0 aliphatic carbocycles. The smallest absolute Gasteiger partial charge is 0.317 e. The highest BCUT2D eigenvalue weighted by atomic mass is 16.5. The molecule has 1 aliphatic rings. The number of hydrogen-bond acceptors (Lipinski definition) is 2. The largest absolute Gasteiger partial charge is 0.372 e. The highest BCUT2D eigenvalue weighted by Crippen LogP contribution is 2.15. The molecule has 0 spiro atoms. The molecular formula is C8H16N2O2. The number of rotatable bonds is 0. The maximum absolute atomic E-state index is 11.2. The minimum Gasteiger partial charge on any atom is -0.372 e. The first-order chi connectivity index (χ1) is 5.55. The minimum atomic E-state index is -0.204. The fourth-order valence-corrected chi connectivity index (χ4v) is 1.35. The number of urea groups is 1. The summed E-state index contributed by atoms with van der Waals surface area (Å²) in [7, 11) is 1.64. The molecule has 0 saturated carbocycles. The maximum atomic E-state index is 11.2. The summed E-state index contributed by atoms with van der Waals surface area (Å²) in [6.45, 7) is 5.94. The van der Waals surface area contributed by atoms with Gasteiger partial charge in [-0.15, -0.1) is 0 Å². The van der Waals surface area contributed by atoms with Crippen LogP contribution in [-0.4, -0.2) is 43.3 Å². The second kappa shape index (κ2) is 3.31. The normalized spacial score (nSPS) is 22.1. The van der Waals surface area contributed by atoms with E-state index in [1.165, 1.54) is 0 Å². The van der Waals surface area contributed by atoms with E-state index < -0.39 is 0 Å². The van der Waals surface area contributed by atoms with Gasteiger partial charge in [0.25, 0.3) is 0 Å². The van der Waals surface area contributed by atoms with Gasteiger partial charge in [-0.25, -0.2) is 4.79 Å². The summed E-state index contributed by atoms with van der Waals surface area (Å²) in [5.74, 6) is 0. The summed E-state index contributed by atoms with van der Waals surface area (Å²) in [4.78, 5) is 13.0. The number of ether oxygens (including phenoxy) is 1. The van der Waals surface area contributed by atoms with Crippen molar-refractivity contribution in [2.45, 2.75) is 19.4 Å². The van der Waals surface area contributed by atoms with Crippen LogP contribution < -0.4 is 5.32 Å². The molecule has 0 unspecified atom stereocenters. The van der Waals surface area contributed by atoms with Gasteiger partial charge in [-0.2, -0.15) is 0 Å². The lowest BCUT2D eigenvalue weighted by Gasteiger charge is -2.37. The van der Waals surface area contributed by atoms with Crippen LogP contribution in [0.4, 0.5) is 4.79 Å². The Bertz CT molecular complexity index is 180. The Morgan fingerprint density at radius 1 is 1.58 bits per heavy atom. The first-order valence-electron chi connectivity index (χ1n) is 4.16. The SMILES string of the molecule is CNC(=O)N1CCOC(C)(C)C1. The summed E-state index contributed by atoms with van der Waals surface area (Å²) in [6.07, 6.45) is 0. The summed E-state index contributed by atoms with van der Waals surface area (Å²) in [6, 6.07) is -0.0219. The van der Waals surface area contributed by atoms with E-state index in [1.54, 1.807) is 11.9 Å². The lowest BCUT2D eigenvalue weighted by atomic mass is 10.1. The Morgan fingerprint density at radius 2 is 2.25 bits per heavy atom. The summed E-state index contributed by atoms with van der Waals surface area (Å²) in [5.41, 5.74) is -0.204. The molecule has 12 heavy (non-hydrogen) atoms. The first-order valence-corrected chi connectivity index (χ1v) is 4.16. The van der Waals surface area contributed by atoms with Gasteiger partial charge in [0.05, 0.1) is 18.8 Å². The first kappa shape index (κ1) is 9.32. The van der Waals surface area contributed by atoms with Crippen LogP contribution in [0.15, 0.2) is 0 Å². The van der Waals surface area contributed by atoms with Gasteiger partial charge in [0.1, 0.15) is 0 Å². The molecule has 0 radical (unpaired) electrons. The van der Waals surface area contributed by atoms with E-state index in [0.29, 0.717) is 19.7 Å². The molecule has 4 nitrogen and oxygen atoms in total. The number of nitrogens with zero attached hydrogens (tertiary/aromatic N) is 1. The van der Waals surface area contributed by atoms with Crippen LogP contribution in [0.5, 0.6) is 0 Å². The lowest BCUT2D eigenvalue weighted by Crippen LogP contribution is -2.52. The third-order valence-corrected chi connectivity index (χ3v) is 1.93. The Kier molecular flexibility index (Phi) is 2.57. The molecule has 2 amide bonds. The van der Waals surface area contributed by atoms with Gasteiger partial charge in [0.2, 0.25) is 0 Å². The molecule has 1 N–H and O–H groups in total. The van der Waals surface area contributed by atoms with E-state index in [1.807, 2.05) is 13.8 Å². The molecule has 1 heterocycles. The zero-order valence-electron chi connectivity index (χ0n) is 7.89. The van der Waals surface area contributed by atoms with Crippen molar-refractivity contribution in [3.05, 3.63) is 0 Å². The average molecular weight is 172 g/mol. The van der Waals surface area contributed by atoms with E-state index >= 15 is 0 Å². The fourth-order valence-electron chi connectivity index (χ4n) is 1.35. The molecule has 1 fully saturated rings. The average Bonchev–Trinajstić information content (AvgIpc) is 2.01. The quantitative estimate of drug-likeness (QED) is 0.576. The van der Waals surface area contributed by atoms with Gasteiger partial charge in [0, 0.05) is 13.6 Å². The highest BCUT2D eigenvalue weighted by Gasteiger charge is 2.29. The van der Waals surface area contributed by atoms with Gasteiger partial charge in [-0.1, -0.05) is 0 Å². The highest BCUT2D eigenvalue weighted by molar-refractivity contribution is 5.73. The monoisotopic (exact) mass is 172 g/mol. The zero-order chi connectivity index (χ0) is 9.19. The third-order valence-electron chi connectivity index (χ3n) is 1.93. The number of carbonyl (C=O) groups excluding carboxylic acids is 1. The molecule has 1 aliphatic heterocycles. The van der Waals surface area contributed by atoms with Gasteiger partial charge < -0.3 is 15.0 Å². The van der Waals surface area contributed by atoms with Crippen molar-refractivity contribution in [1.82, 2.24) is 10.2 Å². The standard InChI is InChI=1S/C8H16N2O2/c1-8(2)6-10(4-5-12-8)7(11)9-3/h4-6H2,1-3H3,(H,9,11). The van der Waals surface area contributed by atoms with Crippen LogP contribution in [0, 0.1) is 0 Å². The van der Waals surface area contributed by atoms with Gasteiger partial charge >= 0.3 is 6.03 Å². The Morgan fingerprint density at radius 3 is 2.75 bits per heavy atom. The lowest BCUT2D eigenvalue weighted by molar-refractivity contribution is -0.0731. The van der Waals surface area contributed by atoms with Crippen molar-refractivity contribution in [1.29, 1.82) is 0 Å². The zero-order valence-corrected chi connectivity index (χ0v) is 7.89. The van der Waals surface area contributed by atoms with Crippen molar-refractivity contribution < 1.29 is 9.53 Å². The van der Waals surface area contributed by atoms with Crippen LogP contribution in [0.25, 0.3) is 0 Å². The molecule has 70 valence electrons. The van der Waals surface area contributed by atoms with Crippen molar-refractivity contribution >= 4 is 6.03 Å². The maximum Gasteiger partial charge on any atom is 0.317 e. The van der Waals surface area contributed by atoms with Crippen molar-refractivity contribution in [2.24, 2.45) is 0 Å². The molecular weight excluding hydrogens is 156 g/mol. The van der Waals surface area contributed by atoms with Crippen LogP contribution in [0.3, 0.4) is 0 Å². The van der Waals surface area contributed by atoms with Gasteiger partial charge in [0.15, 0.2) is 0 Å². The van der Waals surface area contributed by atoms with Gasteiger partial charge in [-0.3, -0.25) is 0 Å². The predicted octanol–water partition coefficient (Wildman–Crippen LogP) is 0.437.